The van der Waals surface area contributed by atoms with Gasteiger partial charge in [-0.3, -0.25) is 9.78 Å². The van der Waals surface area contributed by atoms with Crippen molar-refractivity contribution in [2.45, 2.75) is 6.04 Å². The van der Waals surface area contributed by atoms with E-state index < -0.39 is 0 Å². The number of hydrogen-bond acceptors (Lipinski definition) is 10. The van der Waals surface area contributed by atoms with Crippen molar-refractivity contribution in [3.63, 3.8) is 0 Å². The van der Waals surface area contributed by atoms with Gasteiger partial charge in [0.2, 0.25) is 17.7 Å². The summed E-state index contributed by atoms with van der Waals surface area (Å²) in [6.45, 7) is 5.84. The van der Waals surface area contributed by atoms with Gasteiger partial charge in [-0.25, -0.2) is 9.97 Å². The smallest absolute Gasteiger partial charge is 0.247 e. The van der Waals surface area contributed by atoms with Gasteiger partial charge in [-0.05, 0) is 30.3 Å². The number of hydrogen-bond donors (Lipinski definition) is 3. The van der Waals surface area contributed by atoms with Crippen LogP contribution in [0.1, 0.15) is 0 Å². The Morgan fingerprint density at radius 3 is 2.97 bits per heavy atom. The van der Waals surface area contributed by atoms with Crippen molar-refractivity contribution in [1.82, 2.24) is 19.9 Å². The summed E-state index contributed by atoms with van der Waals surface area (Å²) in [5, 5.41) is 6.83. The fraction of sp³-hybridized carbons (Fsp3) is 0.222. The van der Waals surface area contributed by atoms with Crippen LogP contribution in [0.5, 0.6) is 5.88 Å². The number of methoxy groups -OCH3 is 1. The Morgan fingerprint density at radius 2 is 2.16 bits per heavy atom. The topological polar surface area (TPSA) is 140 Å². The molecular weight excluding hydrogens is 484 g/mol. The molecule has 1 amide bonds. The first-order valence-corrected chi connectivity index (χ1v) is 12.1. The molecule has 4 heterocycles. The van der Waals surface area contributed by atoms with Gasteiger partial charge in [0, 0.05) is 42.1 Å². The fourth-order valence-electron chi connectivity index (χ4n) is 4.29. The minimum Gasteiger partial charge on any atom is -0.479 e. The SMILES string of the molecule is C=CC(=O)Nc1ccnc(-c2cccc3cnc(Nc4ccc(N5CCOC[C@@H]5CN)nc4OC)nc23)c1. The lowest BCUT2D eigenvalue weighted by Crippen LogP contribution is -2.49. The quantitative estimate of drug-likeness (QED) is 0.302. The summed E-state index contributed by atoms with van der Waals surface area (Å²) in [5.74, 6) is 1.26. The summed E-state index contributed by atoms with van der Waals surface area (Å²) in [7, 11) is 1.57. The lowest BCUT2D eigenvalue weighted by Gasteiger charge is -2.35. The van der Waals surface area contributed by atoms with Gasteiger partial charge in [0.25, 0.3) is 0 Å². The molecule has 0 spiro atoms. The number of ether oxygens (including phenoxy) is 2. The van der Waals surface area contributed by atoms with E-state index in [4.69, 9.17) is 25.2 Å². The number of para-hydroxylation sites is 1. The van der Waals surface area contributed by atoms with Gasteiger partial charge in [0.15, 0.2) is 0 Å². The minimum absolute atomic E-state index is 0.0548. The van der Waals surface area contributed by atoms with Gasteiger partial charge in [-0.15, -0.1) is 0 Å². The van der Waals surface area contributed by atoms with Gasteiger partial charge < -0.3 is 30.7 Å². The van der Waals surface area contributed by atoms with Crippen LogP contribution in [-0.4, -0.2) is 65.3 Å². The average molecular weight is 513 g/mol. The average Bonchev–Trinajstić information content (AvgIpc) is 2.97. The highest BCUT2D eigenvalue weighted by atomic mass is 16.5. The Bertz CT molecular complexity index is 1480. The molecule has 0 unspecified atom stereocenters. The second-order valence-electron chi connectivity index (χ2n) is 8.57. The van der Waals surface area contributed by atoms with Crippen molar-refractivity contribution in [3.05, 3.63) is 67.5 Å². The first-order chi connectivity index (χ1) is 18.6. The largest absolute Gasteiger partial charge is 0.479 e. The molecule has 0 radical (unpaired) electrons. The number of carbonyl (C=O) groups is 1. The number of nitrogens with one attached hydrogen (secondary N) is 2. The standard InChI is InChI=1S/C27H28N8O3/c1-3-24(36)31-18-9-10-29-22(13-18)20-6-4-5-17-15-30-27(34-25(17)20)32-21-7-8-23(33-26(21)37-2)35-11-12-38-16-19(35)14-28/h3-10,13,15,19H,1,11-12,14,16,28H2,2H3,(H,29,31,36)(H,30,32,34)/t19-/m0/s1. The molecule has 1 aliphatic heterocycles. The number of morpholine rings is 1. The Kier molecular flexibility index (Phi) is 7.38. The first-order valence-electron chi connectivity index (χ1n) is 12.1. The number of rotatable bonds is 8. The van der Waals surface area contributed by atoms with Crippen molar-refractivity contribution < 1.29 is 14.3 Å². The third-order valence-electron chi connectivity index (χ3n) is 6.18. The van der Waals surface area contributed by atoms with Gasteiger partial charge in [0.1, 0.15) is 11.5 Å². The molecule has 4 N–H and O–H groups in total. The Labute approximate surface area is 219 Å². The van der Waals surface area contributed by atoms with E-state index >= 15 is 0 Å². The number of benzene rings is 1. The maximum atomic E-state index is 11.7. The molecule has 11 nitrogen and oxygen atoms in total. The van der Waals surface area contributed by atoms with Crippen LogP contribution >= 0.6 is 0 Å². The number of anilines is 4. The van der Waals surface area contributed by atoms with Crippen LogP contribution in [0.3, 0.4) is 0 Å². The van der Waals surface area contributed by atoms with E-state index in [1.54, 1.807) is 31.6 Å². The highest BCUT2D eigenvalue weighted by Crippen LogP contribution is 2.31. The van der Waals surface area contributed by atoms with Gasteiger partial charge >= 0.3 is 0 Å². The predicted octanol–water partition coefficient (Wildman–Crippen LogP) is 3.13. The van der Waals surface area contributed by atoms with E-state index in [0.29, 0.717) is 60.7 Å². The molecule has 3 aromatic heterocycles. The summed E-state index contributed by atoms with van der Waals surface area (Å²) in [4.78, 5) is 32.3. The monoisotopic (exact) mass is 512 g/mol. The van der Waals surface area contributed by atoms with Crippen LogP contribution < -0.4 is 26.0 Å². The molecule has 0 bridgehead atoms. The summed E-state index contributed by atoms with van der Waals surface area (Å²) >= 11 is 0. The number of nitrogens with zero attached hydrogens (tertiary/aromatic N) is 5. The third kappa shape index (κ3) is 5.24. The Balaban J connectivity index is 1.46. The van der Waals surface area contributed by atoms with E-state index in [1.165, 1.54) is 6.08 Å². The fourth-order valence-corrected chi connectivity index (χ4v) is 4.29. The molecule has 1 saturated heterocycles. The number of fused-ring (bicyclic) bond motifs is 1. The lowest BCUT2D eigenvalue weighted by molar-refractivity contribution is -0.111. The van der Waals surface area contributed by atoms with Crippen LogP contribution in [0.4, 0.5) is 23.1 Å². The molecule has 38 heavy (non-hydrogen) atoms. The van der Waals surface area contributed by atoms with Crippen molar-refractivity contribution in [3.8, 4) is 17.1 Å². The predicted molar refractivity (Wildman–Crippen MR) is 147 cm³/mol. The zero-order chi connectivity index (χ0) is 26.5. The van der Waals surface area contributed by atoms with Crippen LogP contribution in [0.15, 0.2) is 67.5 Å². The molecule has 11 heteroatoms. The molecule has 0 aliphatic carbocycles. The summed E-state index contributed by atoms with van der Waals surface area (Å²) in [5.41, 5.74) is 9.32. The van der Waals surface area contributed by atoms with Crippen molar-refractivity contribution in [2.24, 2.45) is 5.73 Å². The molecular formula is C27H28N8O3. The van der Waals surface area contributed by atoms with Crippen molar-refractivity contribution >= 4 is 40.0 Å². The lowest BCUT2D eigenvalue weighted by atomic mass is 10.1. The zero-order valence-corrected chi connectivity index (χ0v) is 20.9. The third-order valence-corrected chi connectivity index (χ3v) is 6.18. The van der Waals surface area contributed by atoms with Crippen LogP contribution in [0.25, 0.3) is 22.2 Å². The first kappa shape index (κ1) is 25.1. The maximum Gasteiger partial charge on any atom is 0.247 e. The number of pyridine rings is 2. The van der Waals surface area contributed by atoms with Crippen molar-refractivity contribution in [2.75, 3.05) is 48.9 Å². The maximum absolute atomic E-state index is 11.7. The summed E-state index contributed by atoms with van der Waals surface area (Å²) in [6, 6.07) is 13.1. The Hall–Kier alpha value is -4.61. The van der Waals surface area contributed by atoms with Crippen LogP contribution in [0, 0.1) is 0 Å². The molecule has 5 rings (SSSR count). The van der Waals surface area contributed by atoms with Crippen LogP contribution in [0.2, 0.25) is 0 Å². The highest BCUT2D eigenvalue weighted by molar-refractivity contribution is 5.99. The summed E-state index contributed by atoms with van der Waals surface area (Å²) in [6.07, 6.45) is 4.59. The van der Waals surface area contributed by atoms with E-state index in [9.17, 15) is 4.79 Å². The number of amides is 1. The van der Waals surface area contributed by atoms with Gasteiger partial charge in [-0.1, -0.05) is 24.8 Å². The van der Waals surface area contributed by atoms with Crippen LogP contribution in [-0.2, 0) is 9.53 Å². The molecule has 0 saturated carbocycles. The van der Waals surface area contributed by atoms with Gasteiger partial charge in [0.05, 0.1) is 37.6 Å². The zero-order valence-electron chi connectivity index (χ0n) is 20.9. The summed E-state index contributed by atoms with van der Waals surface area (Å²) < 4.78 is 11.1. The molecule has 1 fully saturated rings. The van der Waals surface area contributed by atoms with Crippen molar-refractivity contribution in [1.29, 1.82) is 0 Å². The number of aromatic nitrogens is 4. The molecule has 194 valence electrons. The van der Waals surface area contributed by atoms with Gasteiger partial charge in [-0.2, -0.15) is 4.98 Å². The molecule has 1 atom stereocenters. The van der Waals surface area contributed by atoms with E-state index in [0.717, 1.165) is 16.8 Å². The second-order valence-corrected chi connectivity index (χ2v) is 8.57. The van der Waals surface area contributed by atoms with E-state index in [2.05, 4.69) is 32.1 Å². The highest BCUT2D eigenvalue weighted by Gasteiger charge is 2.24. The molecule has 1 aromatic carbocycles. The second kappa shape index (κ2) is 11.2. The van der Waals surface area contributed by atoms with E-state index in [-0.39, 0.29) is 11.9 Å². The number of nitrogens with two attached hydrogens (primary N) is 1. The normalized spacial score (nSPS) is 15.2. The number of carbonyl (C=O) groups excluding carboxylic acids is 1. The molecule has 1 aliphatic rings. The van der Waals surface area contributed by atoms with E-state index in [1.807, 2.05) is 30.3 Å². The Morgan fingerprint density at radius 1 is 1.26 bits per heavy atom. The molecule has 4 aromatic rings. The minimum atomic E-state index is -0.297.